The van der Waals surface area contributed by atoms with Gasteiger partial charge in [-0.2, -0.15) is 0 Å². The quantitative estimate of drug-likeness (QED) is 0.919. The molecule has 1 unspecified atom stereocenters. The van der Waals surface area contributed by atoms with E-state index in [1.54, 1.807) is 30.3 Å². The molecule has 2 nitrogen and oxygen atoms in total. The van der Waals surface area contributed by atoms with Crippen LogP contribution in [-0.2, 0) is 0 Å². The first-order chi connectivity index (χ1) is 8.63. The number of hydrogen-bond acceptors (Lipinski definition) is 2. The largest absolute Gasteiger partial charge is 0.495 e. The van der Waals surface area contributed by atoms with Crippen LogP contribution in [0.2, 0.25) is 10.0 Å². The Hall–Kier alpha value is -1.22. The molecule has 1 N–H and O–H groups in total. The van der Waals surface area contributed by atoms with E-state index < -0.39 is 6.10 Å². The molecule has 0 aliphatic carbocycles. The van der Waals surface area contributed by atoms with Crippen molar-refractivity contribution in [3.8, 4) is 5.75 Å². The second kappa shape index (κ2) is 5.61. The molecule has 4 heteroatoms. The minimum atomic E-state index is -0.801. The van der Waals surface area contributed by atoms with Gasteiger partial charge in [0.2, 0.25) is 0 Å². The first-order valence-electron chi connectivity index (χ1n) is 5.39. The van der Waals surface area contributed by atoms with Crippen LogP contribution in [0.1, 0.15) is 17.2 Å². The Morgan fingerprint density at radius 2 is 1.78 bits per heavy atom. The number of methoxy groups -OCH3 is 1. The van der Waals surface area contributed by atoms with E-state index in [9.17, 15) is 5.11 Å². The number of benzene rings is 2. The van der Waals surface area contributed by atoms with Crippen LogP contribution >= 0.6 is 23.2 Å². The lowest BCUT2D eigenvalue weighted by molar-refractivity contribution is 0.220. The van der Waals surface area contributed by atoms with E-state index in [-0.39, 0.29) is 0 Å². The molecular weight excluding hydrogens is 271 g/mol. The number of ether oxygens (including phenoxy) is 1. The summed E-state index contributed by atoms with van der Waals surface area (Å²) in [6, 6.07) is 12.3. The molecule has 0 heterocycles. The predicted molar refractivity (Wildman–Crippen MR) is 73.5 cm³/mol. The highest BCUT2D eigenvalue weighted by Gasteiger charge is 2.15. The highest BCUT2D eigenvalue weighted by Crippen LogP contribution is 2.32. The van der Waals surface area contributed by atoms with Crippen molar-refractivity contribution >= 4 is 23.2 Å². The van der Waals surface area contributed by atoms with Gasteiger partial charge in [0.15, 0.2) is 0 Å². The third-order valence-corrected chi connectivity index (χ3v) is 3.35. The van der Waals surface area contributed by atoms with Gasteiger partial charge in [0.1, 0.15) is 11.9 Å². The van der Waals surface area contributed by atoms with E-state index in [0.717, 1.165) is 0 Å². The van der Waals surface area contributed by atoms with E-state index in [0.29, 0.717) is 26.9 Å². The third-order valence-electron chi connectivity index (χ3n) is 2.69. The van der Waals surface area contributed by atoms with E-state index in [1.165, 1.54) is 7.11 Å². The molecule has 18 heavy (non-hydrogen) atoms. The summed E-state index contributed by atoms with van der Waals surface area (Å²) < 4.78 is 5.13. The Morgan fingerprint density at radius 3 is 2.44 bits per heavy atom. The highest BCUT2D eigenvalue weighted by atomic mass is 35.5. The maximum absolute atomic E-state index is 10.3. The number of aliphatic hydroxyl groups is 1. The van der Waals surface area contributed by atoms with Gasteiger partial charge in [0.25, 0.3) is 0 Å². The predicted octanol–water partition coefficient (Wildman–Crippen LogP) is 4.08. The molecule has 2 aromatic rings. The molecule has 0 amide bonds. The van der Waals surface area contributed by atoms with Gasteiger partial charge in [-0.1, -0.05) is 47.5 Å². The van der Waals surface area contributed by atoms with Gasteiger partial charge in [-0.05, 0) is 23.8 Å². The second-order valence-corrected chi connectivity index (χ2v) is 4.63. The normalized spacial score (nSPS) is 12.2. The minimum absolute atomic E-state index is 0.507. The summed E-state index contributed by atoms with van der Waals surface area (Å²) in [5.41, 5.74) is 1.34. The number of aliphatic hydroxyl groups excluding tert-OH is 1. The van der Waals surface area contributed by atoms with Crippen molar-refractivity contribution < 1.29 is 9.84 Å². The SMILES string of the molecule is COc1cc(C(O)c2ccccc2Cl)ccc1Cl. The summed E-state index contributed by atoms with van der Waals surface area (Å²) in [6.45, 7) is 0. The fraction of sp³-hybridized carbons (Fsp3) is 0.143. The molecule has 0 bridgehead atoms. The van der Waals surface area contributed by atoms with Crippen LogP contribution in [0.3, 0.4) is 0 Å². The van der Waals surface area contributed by atoms with Gasteiger partial charge in [-0.3, -0.25) is 0 Å². The number of hydrogen-bond donors (Lipinski definition) is 1. The maximum Gasteiger partial charge on any atom is 0.137 e. The summed E-state index contributed by atoms with van der Waals surface area (Å²) in [7, 11) is 1.53. The van der Waals surface area contributed by atoms with Crippen molar-refractivity contribution in [3.05, 3.63) is 63.6 Å². The van der Waals surface area contributed by atoms with Crippen molar-refractivity contribution in [3.63, 3.8) is 0 Å². The second-order valence-electron chi connectivity index (χ2n) is 3.82. The lowest BCUT2D eigenvalue weighted by Gasteiger charge is -2.14. The molecule has 0 saturated heterocycles. The average Bonchev–Trinajstić information content (AvgIpc) is 2.39. The molecule has 0 aliphatic rings. The fourth-order valence-corrected chi connectivity index (χ4v) is 2.16. The standard InChI is InChI=1S/C14H12Cl2O2/c1-18-13-8-9(6-7-12(13)16)14(17)10-4-2-3-5-11(10)15/h2-8,14,17H,1H3. The molecule has 0 aliphatic heterocycles. The molecule has 0 aromatic heterocycles. The van der Waals surface area contributed by atoms with Crippen LogP contribution in [0.4, 0.5) is 0 Å². The van der Waals surface area contributed by atoms with E-state index in [2.05, 4.69) is 0 Å². The summed E-state index contributed by atoms with van der Waals surface area (Å²) >= 11 is 12.0. The van der Waals surface area contributed by atoms with E-state index in [1.807, 2.05) is 12.1 Å². The van der Waals surface area contributed by atoms with Gasteiger partial charge < -0.3 is 9.84 Å². The Kier molecular flexibility index (Phi) is 4.12. The molecule has 0 radical (unpaired) electrons. The van der Waals surface area contributed by atoms with Gasteiger partial charge in [0.05, 0.1) is 12.1 Å². The average molecular weight is 283 g/mol. The van der Waals surface area contributed by atoms with Gasteiger partial charge in [0, 0.05) is 10.6 Å². The first kappa shape index (κ1) is 13.2. The fourth-order valence-electron chi connectivity index (χ4n) is 1.72. The zero-order chi connectivity index (χ0) is 13.1. The molecule has 94 valence electrons. The topological polar surface area (TPSA) is 29.5 Å². The Balaban J connectivity index is 2.40. The summed E-state index contributed by atoms with van der Waals surface area (Å²) in [5, 5.41) is 11.3. The van der Waals surface area contributed by atoms with Crippen molar-refractivity contribution in [1.82, 2.24) is 0 Å². The Morgan fingerprint density at radius 1 is 1.06 bits per heavy atom. The Bertz CT molecular complexity index is 555. The van der Waals surface area contributed by atoms with Crippen LogP contribution < -0.4 is 4.74 Å². The van der Waals surface area contributed by atoms with E-state index in [4.69, 9.17) is 27.9 Å². The minimum Gasteiger partial charge on any atom is -0.495 e. The zero-order valence-electron chi connectivity index (χ0n) is 9.73. The van der Waals surface area contributed by atoms with Crippen molar-refractivity contribution in [2.45, 2.75) is 6.10 Å². The van der Waals surface area contributed by atoms with Gasteiger partial charge in [-0.25, -0.2) is 0 Å². The molecule has 1 atom stereocenters. The third kappa shape index (κ3) is 2.61. The van der Waals surface area contributed by atoms with Gasteiger partial charge in [-0.15, -0.1) is 0 Å². The Labute approximate surface area is 116 Å². The van der Waals surface area contributed by atoms with Crippen molar-refractivity contribution in [2.24, 2.45) is 0 Å². The van der Waals surface area contributed by atoms with Crippen LogP contribution in [0.25, 0.3) is 0 Å². The molecule has 0 spiro atoms. The van der Waals surface area contributed by atoms with Crippen molar-refractivity contribution in [1.29, 1.82) is 0 Å². The molecule has 0 saturated carbocycles. The van der Waals surface area contributed by atoms with Crippen molar-refractivity contribution in [2.75, 3.05) is 7.11 Å². The lowest BCUT2D eigenvalue weighted by atomic mass is 10.0. The van der Waals surface area contributed by atoms with Crippen LogP contribution in [0.15, 0.2) is 42.5 Å². The molecule has 2 rings (SSSR count). The first-order valence-corrected chi connectivity index (χ1v) is 6.15. The number of halogens is 2. The maximum atomic E-state index is 10.3. The molecule has 0 fully saturated rings. The monoisotopic (exact) mass is 282 g/mol. The molecule has 2 aromatic carbocycles. The van der Waals surface area contributed by atoms with Crippen LogP contribution in [0.5, 0.6) is 5.75 Å². The van der Waals surface area contributed by atoms with Crippen LogP contribution in [0, 0.1) is 0 Å². The smallest absolute Gasteiger partial charge is 0.137 e. The van der Waals surface area contributed by atoms with Crippen LogP contribution in [-0.4, -0.2) is 12.2 Å². The zero-order valence-corrected chi connectivity index (χ0v) is 11.2. The summed E-state index contributed by atoms with van der Waals surface area (Å²) in [6.07, 6.45) is -0.801. The van der Waals surface area contributed by atoms with Gasteiger partial charge >= 0.3 is 0 Å². The van der Waals surface area contributed by atoms with E-state index >= 15 is 0 Å². The number of rotatable bonds is 3. The molecular formula is C14H12Cl2O2. The lowest BCUT2D eigenvalue weighted by Crippen LogP contribution is -2.01. The summed E-state index contributed by atoms with van der Waals surface area (Å²) in [5.74, 6) is 0.528. The summed E-state index contributed by atoms with van der Waals surface area (Å²) in [4.78, 5) is 0. The highest BCUT2D eigenvalue weighted by molar-refractivity contribution is 6.32.